The van der Waals surface area contributed by atoms with Crippen LogP contribution in [0.15, 0.2) is 18.2 Å². The standard InChI is InChI=1S/C16H23Cl2NO2/c1-20-16(21-2)8-6-11(7-9-16)12(10-19)15-13(17)4-3-5-14(15)18/h3-5,11-12H,6-10,19H2,1-2H3. The topological polar surface area (TPSA) is 44.5 Å². The van der Waals surface area contributed by atoms with Gasteiger partial charge in [-0.05, 0) is 43.0 Å². The van der Waals surface area contributed by atoms with Gasteiger partial charge in [0.25, 0.3) is 0 Å². The average Bonchev–Trinajstić information content (AvgIpc) is 2.51. The smallest absolute Gasteiger partial charge is 0.167 e. The maximum atomic E-state index is 6.34. The molecule has 2 rings (SSSR count). The van der Waals surface area contributed by atoms with Crippen LogP contribution in [0.1, 0.15) is 37.2 Å². The first-order valence-electron chi connectivity index (χ1n) is 7.31. The van der Waals surface area contributed by atoms with E-state index in [2.05, 4.69) is 0 Å². The predicted octanol–water partition coefficient (Wildman–Crippen LogP) is 4.22. The second kappa shape index (κ2) is 7.30. The molecule has 21 heavy (non-hydrogen) atoms. The van der Waals surface area contributed by atoms with Gasteiger partial charge in [-0.25, -0.2) is 0 Å². The van der Waals surface area contributed by atoms with Crippen LogP contribution in [0.3, 0.4) is 0 Å². The fraction of sp³-hybridized carbons (Fsp3) is 0.625. The van der Waals surface area contributed by atoms with Crippen LogP contribution < -0.4 is 5.73 Å². The molecule has 1 unspecified atom stereocenters. The van der Waals surface area contributed by atoms with Crippen molar-refractivity contribution in [1.82, 2.24) is 0 Å². The summed E-state index contributed by atoms with van der Waals surface area (Å²) in [6.45, 7) is 0.543. The van der Waals surface area contributed by atoms with E-state index in [0.29, 0.717) is 22.5 Å². The quantitative estimate of drug-likeness (QED) is 0.821. The van der Waals surface area contributed by atoms with Crippen LogP contribution in [0.5, 0.6) is 0 Å². The first-order chi connectivity index (χ1) is 10.1. The van der Waals surface area contributed by atoms with Crippen molar-refractivity contribution in [3.8, 4) is 0 Å². The lowest BCUT2D eigenvalue weighted by atomic mass is 9.75. The van der Waals surface area contributed by atoms with Gasteiger partial charge in [-0.15, -0.1) is 0 Å². The van der Waals surface area contributed by atoms with Gasteiger partial charge in [0.2, 0.25) is 0 Å². The summed E-state index contributed by atoms with van der Waals surface area (Å²) in [6.07, 6.45) is 3.71. The lowest BCUT2D eigenvalue weighted by Gasteiger charge is -2.40. The molecule has 0 spiro atoms. The lowest BCUT2D eigenvalue weighted by Crippen LogP contribution is -2.40. The van der Waals surface area contributed by atoms with E-state index in [1.54, 1.807) is 14.2 Å². The van der Waals surface area contributed by atoms with E-state index in [0.717, 1.165) is 31.2 Å². The normalized spacial score (nSPS) is 20.4. The number of hydrogen-bond donors (Lipinski definition) is 1. The van der Waals surface area contributed by atoms with Crippen LogP contribution in [-0.2, 0) is 9.47 Å². The highest BCUT2D eigenvalue weighted by Crippen LogP contribution is 2.44. The molecule has 1 fully saturated rings. The minimum Gasteiger partial charge on any atom is -0.353 e. The number of nitrogens with two attached hydrogens (primary N) is 1. The van der Waals surface area contributed by atoms with E-state index in [-0.39, 0.29) is 5.92 Å². The highest BCUT2D eigenvalue weighted by molar-refractivity contribution is 6.36. The molecular weight excluding hydrogens is 309 g/mol. The van der Waals surface area contributed by atoms with E-state index in [1.165, 1.54) is 0 Å². The summed E-state index contributed by atoms with van der Waals surface area (Å²) in [7, 11) is 3.41. The van der Waals surface area contributed by atoms with Crippen molar-refractivity contribution in [2.24, 2.45) is 11.7 Å². The van der Waals surface area contributed by atoms with Gasteiger partial charge in [-0.1, -0.05) is 29.3 Å². The Labute approximate surface area is 136 Å². The molecule has 1 saturated carbocycles. The Hall–Kier alpha value is -0.320. The first kappa shape index (κ1) is 17.0. The Morgan fingerprint density at radius 1 is 1.19 bits per heavy atom. The third kappa shape index (κ3) is 3.54. The van der Waals surface area contributed by atoms with Gasteiger partial charge in [-0.2, -0.15) is 0 Å². The zero-order valence-electron chi connectivity index (χ0n) is 12.6. The van der Waals surface area contributed by atoms with E-state index in [1.807, 2.05) is 18.2 Å². The molecule has 0 bridgehead atoms. The number of halogens is 2. The zero-order chi connectivity index (χ0) is 15.5. The molecule has 118 valence electrons. The summed E-state index contributed by atoms with van der Waals surface area (Å²) in [5.74, 6) is 0.184. The fourth-order valence-electron chi connectivity index (χ4n) is 3.38. The van der Waals surface area contributed by atoms with Crippen molar-refractivity contribution < 1.29 is 9.47 Å². The van der Waals surface area contributed by atoms with Crippen molar-refractivity contribution >= 4 is 23.2 Å². The maximum Gasteiger partial charge on any atom is 0.167 e. The van der Waals surface area contributed by atoms with Crippen molar-refractivity contribution in [3.05, 3.63) is 33.8 Å². The Morgan fingerprint density at radius 3 is 2.14 bits per heavy atom. The Morgan fingerprint density at radius 2 is 1.71 bits per heavy atom. The number of methoxy groups -OCH3 is 2. The third-order valence-corrected chi connectivity index (χ3v) is 5.39. The highest BCUT2D eigenvalue weighted by Gasteiger charge is 2.38. The highest BCUT2D eigenvalue weighted by atomic mass is 35.5. The molecule has 1 atom stereocenters. The summed E-state index contributed by atoms with van der Waals surface area (Å²) in [5, 5.41) is 1.40. The molecule has 0 radical (unpaired) electrons. The minimum atomic E-state index is -0.445. The molecule has 0 amide bonds. The van der Waals surface area contributed by atoms with Crippen molar-refractivity contribution in [2.75, 3.05) is 20.8 Å². The van der Waals surface area contributed by atoms with E-state index >= 15 is 0 Å². The fourth-order valence-corrected chi connectivity index (χ4v) is 4.06. The van der Waals surface area contributed by atoms with Crippen LogP contribution in [0.25, 0.3) is 0 Å². The van der Waals surface area contributed by atoms with Crippen LogP contribution in [-0.4, -0.2) is 26.6 Å². The molecular formula is C16H23Cl2NO2. The van der Waals surface area contributed by atoms with Crippen molar-refractivity contribution in [3.63, 3.8) is 0 Å². The summed E-state index contributed by atoms with van der Waals surface area (Å²) in [4.78, 5) is 0. The SMILES string of the molecule is COC1(OC)CCC(C(CN)c2c(Cl)cccc2Cl)CC1. The molecule has 0 heterocycles. The summed E-state index contributed by atoms with van der Waals surface area (Å²) in [6, 6.07) is 5.62. The van der Waals surface area contributed by atoms with Crippen LogP contribution in [0, 0.1) is 5.92 Å². The Bertz CT molecular complexity index is 447. The molecule has 1 aliphatic rings. The van der Waals surface area contributed by atoms with Crippen LogP contribution in [0.4, 0.5) is 0 Å². The van der Waals surface area contributed by atoms with Crippen LogP contribution >= 0.6 is 23.2 Å². The Kier molecular flexibility index (Phi) is 5.92. The lowest BCUT2D eigenvalue weighted by molar-refractivity contribution is -0.228. The van der Waals surface area contributed by atoms with Gasteiger partial charge in [0.15, 0.2) is 5.79 Å². The zero-order valence-corrected chi connectivity index (χ0v) is 14.1. The Balaban J connectivity index is 2.17. The summed E-state index contributed by atoms with van der Waals surface area (Å²) >= 11 is 12.7. The summed E-state index contributed by atoms with van der Waals surface area (Å²) in [5.41, 5.74) is 7.01. The van der Waals surface area contributed by atoms with Gasteiger partial charge < -0.3 is 15.2 Å². The van der Waals surface area contributed by atoms with E-state index in [4.69, 9.17) is 38.4 Å². The van der Waals surface area contributed by atoms with E-state index in [9.17, 15) is 0 Å². The first-order valence-corrected chi connectivity index (χ1v) is 8.06. The molecule has 5 heteroatoms. The monoisotopic (exact) mass is 331 g/mol. The molecule has 0 saturated heterocycles. The van der Waals surface area contributed by atoms with Gasteiger partial charge in [0, 0.05) is 43.0 Å². The second-order valence-electron chi connectivity index (χ2n) is 5.63. The molecule has 0 aromatic heterocycles. The number of hydrogen-bond acceptors (Lipinski definition) is 3. The van der Waals surface area contributed by atoms with Gasteiger partial charge in [-0.3, -0.25) is 0 Å². The number of benzene rings is 1. The summed E-state index contributed by atoms with van der Waals surface area (Å²) < 4.78 is 11.1. The van der Waals surface area contributed by atoms with Gasteiger partial charge in [0.1, 0.15) is 0 Å². The molecule has 1 aliphatic carbocycles. The largest absolute Gasteiger partial charge is 0.353 e. The average molecular weight is 332 g/mol. The number of ether oxygens (including phenoxy) is 2. The molecule has 1 aromatic rings. The molecule has 2 N–H and O–H groups in total. The van der Waals surface area contributed by atoms with Crippen molar-refractivity contribution in [2.45, 2.75) is 37.4 Å². The number of rotatable bonds is 5. The minimum absolute atomic E-state index is 0.179. The molecule has 3 nitrogen and oxygen atoms in total. The van der Waals surface area contributed by atoms with Gasteiger partial charge >= 0.3 is 0 Å². The molecule has 1 aromatic carbocycles. The second-order valence-corrected chi connectivity index (χ2v) is 6.45. The third-order valence-electron chi connectivity index (χ3n) is 4.73. The van der Waals surface area contributed by atoms with Crippen LogP contribution in [0.2, 0.25) is 10.0 Å². The van der Waals surface area contributed by atoms with Gasteiger partial charge in [0.05, 0.1) is 0 Å². The van der Waals surface area contributed by atoms with E-state index < -0.39 is 5.79 Å². The predicted molar refractivity (Wildman–Crippen MR) is 87.0 cm³/mol. The molecule has 0 aliphatic heterocycles. The van der Waals surface area contributed by atoms with Crippen molar-refractivity contribution in [1.29, 1.82) is 0 Å². The maximum absolute atomic E-state index is 6.34.